The van der Waals surface area contributed by atoms with Gasteiger partial charge in [-0.15, -0.1) is 0 Å². The average molecular weight is 540 g/mol. The fourth-order valence-corrected chi connectivity index (χ4v) is 8.07. The molecule has 1 heterocycles. The van der Waals surface area contributed by atoms with Gasteiger partial charge in [-0.3, -0.25) is 14.3 Å². The second kappa shape index (κ2) is 9.29. The van der Waals surface area contributed by atoms with E-state index < -0.39 is 26.3 Å². The zero-order chi connectivity index (χ0) is 27.3. The van der Waals surface area contributed by atoms with Crippen LogP contribution in [0.2, 0.25) is 0 Å². The largest absolute Gasteiger partial charge is 0.495 e. The number of piperidine rings is 1. The molecule has 1 saturated heterocycles. The van der Waals surface area contributed by atoms with Gasteiger partial charge >= 0.3 is 0 Å². The van der Waals surface area contributed by atoms with Gasteiger partial charge in [-0.1, -0.05) is 32.9 Å². The smallest absolute Gasteiger partial charge is 0.264 e. The van der Waals surface area contributed by atoms with E-state index in [2.05, 4.69) is 14.9 Å². The maximum atomic E-state index is 13.8. The number of anilines is 3. The van der Waals surface area contributed by atoms with Crippen molar-refractivity contribution in [3.63, 3.8) is 0 Å². The van der Waals surface area contributed by atoms with Crippen molar-refractivity contribution in [2.24, 2.45) is 16.2 Å². The molecule has 0 radical (unpaired) electrons. The molecule has 2 bridgehead atoms. The molecule has 38 heavy (non-hydrogen) atoms. The number of benzene rings is 2. The van der Waals surface area contributed by atoms with E-state index in [9.17, 15) is 18.0 Å². The molecular formula is C29H37N3O5S. The summed E-state index contributed by atoms with van der Waals surface area (Å²) in [5.41, 5.74) is -0.476. The first-order valence-corrected chi connectivity index (χ1v) is 14.8. The van der Waals surface area contributed by atoms with E-state index in [4.69, 9.17) is 4.74 Å². The van der Waals surface area contributed by atoms with Crippen LogP contribution in [-0.4, -0.2) is 40.3 Å². The van der Waals surface area contributed by atoms with E-state index in [1.807, 2.05) is 20.8 Å². The predicted octanol–water partition coefficient (Wildman–Crippen LogP) is 5.21. The molecule has 2 aliphatic carbocycles. The fourth-order valence-electron chi connectivity index (χ4n) is 6.74. The molecule has 2 N–H and O–H groups in total. The van der Waals surface area contributed by atoms with Crippen molar-refractivity contribution in [2.75, 3.05) is 35.1 Å². The number of fused-ring (bicyclic) bond motifs is 2. The van der Waals surface area contributed by atoms with Gasteiger partial charge in [0.1, 0.15) is 16.4 Å². The monoisotopic (exact) mass is 539 g/mol. The molecule has 204 valence electrons. The van der Waals surface area contributed by atoms with Gasteiger partial charge in [0.25, 0.3) is 10.0 Å². The lowest BCUT2D eigenvalue weighted by Crippen LogP contribution is -2.43. The summed E-state index contributed by atoms with van der Waals surface area (Å²) in [6.07, 6.45) is 4.63. The second-order valence-electron chi connectivity index (χ2n) is 11.6. The maximum Gasteiger partial charge on any atom is 0.264 e. The Kier molecular flexibility index (Phi) is 6.49. The number of methoxy groups -OCH3 is 1. The van der Waals surface area contributed by atoms with E-state index >= 15 is 0 Å². The third kappa shape index (κ3) is 3.97. The summed E-state index contributed by atoms with van der Waals surface area (Å²) in [5.74, 6) is 0.328. The Morgan fingerprint density at radius 2 is 1.71 bits per heavy atom. The number of Topliss-reactive ketones (excluding diaryl/α,β-unsaturated/α-hetero) is 1. The third-order valence-electron chi connectivity index (χ3n) is 9.70. The van der Waals surface area contributed by atoms with Gasteiger partial charge in [0.2, 0.25) is 5.91 Å². The van der Waals surface area contributed by atoms with Gasteiger partial charge < -0.3 is 15.0 Å². The van der Waals surface area contributed by atoms with Crippen LogP contribution in [-0.2, 0) is 19.6 Å². The molecule has 3 aliphatic rings. The summed E-state index contributed by atoms with van der Waals surface area (Å²) < 4.78 is 35.6. The van der Waals surface area contributed by atoms with Gasteiger partial charge in [0, 0.05) is 30.6 Å². The van der Waals surface area contributed by atoms with Crippen molar-refractivity contribution in [2.45, 2.75) is 64.2 Å². The highest BCUT2D eigenvalue weighted by molar-refractivity contribution is 7.93. The van der Waals surface area contributed by atoms with E-state index in [-0.39, 0.29) is 23.0 Å². The zero-order valence-electron chi connectivity index (χ0n) is 22.6. The van der Waals surface area contributed by atoms with Gasteiger partial charge in [-0.05, 0) is 67.9 Å². The number of carbonyl (C=O) groups is 2. The Hall–Kier alpha value is -3.07. The van der Waals surface area contributed by atoms with Crippen LogP contribution in [0.15, 0.2) is 47.4 Å². The minimum Gasteiger partial charge on any atom is -0.495 e. The number of carbonyl (C=O) groups excluding carboxylic acids is 2. The number of nitrogens with zero attached hydrogens (tertiary/aromatic N) is 1. The molecule has 8 nitrogen and oxygen atoms in total. The minimum absolute atomic E-state index is 0.0959. The molecule has 1 amide bonds. The van der Waals surface area contributed by atoms with Gasteiger partial charge in [-0.2, -0.15) is 0 Å². The van der Waals surface area contributed by atoms with Crippen LogP contribution in [0.25, 0.3) is 0 Å². The lowest BCUT2D eigenvalue weighted by atomic mass is 9.64. The van der Waals surface area contributed by atoms with Crippen molar-refractivity contribution >= 4 is 38.8 Å². The van der Waals surface area contributed by atoms with Crippen LogP contribution in [0.3, 0.4) is 0 Å². The molecule has 2 aromatic carbocycles. The Labute approximate surface area is 225 Å². The average Bonchev–Trinajstić information content (AvgIpc) is 3.20. The number of ketones is 1. The van der Waals surface area contributed by atoms with Crippen LogP contribution < -0.4 is 19.7 Å². The summed E-state index contributed by atoms with van der Waals surface area (Å²) >= 11 is 0. The quantitative estimate of drug-likeness (QED) is 0.501. The summed E-state index contributed by atoms with van der Waals surface area (Å²) in [4.78, 5) is 28.8. The van der Waals surface area contributed by atoms with Crippen molar-refractivity contribution < 1.29 is 22.7 Å². The van der Waals surface area contributed by atoms with Crippen molar-refractivity contribution in [1.82, 2.24) is 0 Å². The Morgan fingerprint density at radius 1 is 1.00 bits per heavy atom. The van der Waals surface area contributed by atoms with Crippen LogP contribution >= 0.6 is 0 Å². The first-order chi connectivity index (χ1) is 17.9. The molecule has 0 unspecified atom stereocenters. The number of hydrogen-bond donors (Lipinski definition) is 2. The van der Waals surface area contributed by atoms with Crippen LogP contribution in [0.4, 0.5) is 17.1 Å². The standard InChI is InChI=1S/C29H37N3O5S/c1-27(2)28(3)14-15-29(27,19-25(28)33)26(34)30-20-12-13-22(32-16-8-5-9-17-32)24(18-20)38(35,36)31-21-10-6-7-11-23(21)37-4/h6-7,10-13,18,31H,5,8-9,14-17,19H2,1-4H3,(H,30,34)/t28-,29+/m1/s1. The topological polar surface area (TPSA) is 105 Å². The number of ether oxygens (including phenoxy) is 1. The van der Waals surface area contributed by atoms with Gasteiger partial charge in [0.05, 0.1) is 23.9 Å². The first-order valence-electron chi connectivity index (χ1n) is 13.3. The summed E-state index contributed by atoms with van der Waals surface area (Å²) in [7, 11) is -2.54. The van der Waals surface area contributed by atoms with Crippen LogP contribution in [0.1, 0.15) is 59.3 Å². The molecule has 2 saturated carbocycles. The summed E-state index contributed by atoms with van der Waals surface area (Å²) in [5, 5.41) is 3.00. The summed E-state index contributed by atoms with van der Waals surface area (Å²) in [6.45, 7) is 7.52. The van der Waals surface area contributed by atoms with Crippen molar-refractivity contribution in [1.29, 1.82) is 0 Å². The third-order valence-corrected chi connectivity index (χ3v) is 11.1. The van der Waals surface area contributed by atoms with E-state index in [0.717, 1.165) is 32.4 Å². The lowest BCUT2D eigenvalue weighted by Gasteiger charge is -2.38. The number of hydrogen-bond acceptors (Lipinski definition) is 6. The normalized spacial score (nSPS) is 26.3. The van der Waals surface area contributed by atoms with Crippen LogP contribution in [0, 0.1) is 16.2 Å². The SMILES string of the molecule is COc1ccccc1NS(=O)(=O)c1cc(NC(=O)[C@]23CC[C@](C)(C(=O)C2)C3(C)C)ccc1N1CCCCC1. The van der Waals surface area contributed by atoms with Crippen LogP contribution in [0.5, 0.6) is 5.75 Å². The first kappa shape index (κ1) is 26.5. The Bertz CT molecular complexity index is 1380. The van der Waals surface area contributed by atoms with Crippen molar-refractivity contribution in [3.05, 3.63) is 42.5 Å². The number of para-hydroxylation sites is 2. The van der Waals surface area contributed by atoms with E-state index in [1.165, 1.54) is 13.2 Å². The number of rotatable bonds is 7. The number of amides is 1. The van der Waals surface area contributed by atoms with E-state index in [1.54, 1.807) is 36.4 Å². The minimum atomic E-state index is -4.03. The Balaban J connectivity index is 1.51. The molecule has 2 aromatic rings. The van der Waals surface area contributed by atoms with Crippen molar-refractivity contribution in [3.8, 4) is 5.75 Å². The maximum absolute atomic E-state index is 13.8. The highest BCUT2D eigenvalue weighted by atomic mass is 32.2. The second-order valence-corrected chi connectivity index (χ2v) is 13.3. The molecule has 2 atom stereocenters. The summed E-state index contributed by atoms with van der Waals surface area (Å²) in [6, 6.07) is 11.9. The molecular weight excluding hydrogens is 502 g/mol. The Morgan fingerprint density at radius 3 is 2.34 bits per heavy atom. The molecule has 3 fully saturated rings. The zero-order valence-corrected chi connectivity index (χ0v) is 23.4. The molecule has 5 rings (SSSR count). The molecule has 9 heteroatoms. The lowest BCUT2D eigenvalue weighted by molar-refractivity contribution is -0.131. The molecule has 0 aromatic heterocycles. The molecule has 1 aliphatic heterocycles. The number of nitrogens with one attached hydrogen (secondary N) is 2. The number of sulfonamides is 1. The highest BCUT2D eigenvalue weighted by Crippen LogP contribution is 2.70. The highest BCUT2D eigenvalue weighted by Gasteiger charge is 2.72. The van der Waals surface area contributed by atoms with E-state index in [0.29, 0.717) is 35.7 Å². The molecule has 0 spiro atoms. The predicted molar refractivity (Wildman–Crippen MR) is 148 cm³/mol. The van der Waals surface area contributed by atoms with Gasteiger partial charge in [0.15, 0.2) is 0 Å². The fraction of sp³-hybridized carbons (Fsp3) is 0.517. The van der Waals surface area contributed by atoms with Gasteiger partial charge in [-0.25, -0.2) is 8.42 Å².